The van der Waals surface area contributed by atoms with Gasteiger partial charge in [-0.1, -0.05) is 23.7 Å². The molecule has 6 nitrogen and oxygen atoms in total. The van der Waals surface area contributed by atoms with Gasteiger partial charge in [-0.05, 0) is 29.8 Å². The summed E-state index contributed by atoms with van der Waals surface area (Å²) in [4.78, 5) is 34.8. The highest BCUT2D eigenvalue weighted by molar-refractivity contribution is 7.17. The van der Waals surface area contributed by atoms with Crippen LogP contribution in [0.15, 0.2) is 36.4 Å². The number of carboxylic acid groups (broad SMARTS) is 2. The highest BCUT2D eigenvalue weighted by Crippen LogP contribution is 2.29. The van der Waals surface area contributed by atoms with Gasteiger partial charge < -0.3 is 15.5 Å². The standard InChI is InChI=1S/C15H12ClNO5S/c16-9-3-1-8(2-4-9)11-5-6-12(23-11)14(20)17-10(15(21)22)7-13(18)19/h1-6,10H,7H2,(H,17,20)(H,18,19)(H,21,22)/t10-/m1/s1. The van der Waals surface area contributed by atoms with Crippen molar-refractivity contribution in [2.24, 2.45) is 0 Å². The van der Waals surface area contributed by atoms with Crippen LogP contribution in [0.4, 0.5) is 0 Å². The summed E-state index contributed by atoms with van der Waals surface area (Å²) in [7, 11) is 0. The lowest BCUT2D eigenvalue weighted by Crippen LogP contribution is -2.41. The summed E-state index contributed by atoms with van der Waals surface area (Å²) in [5.41, 5.74) is 0.874. The molecule has 2 aromatic rings. The summed E-state index contributed by atoms with van der Waals surface area (Å²) in [5.74, 6) is -3.31. The molecule has 0 aliphatic carbocycles. The van der Waals surface area contributed by atoms with Crippen molar-refractivity contribution >= 4 is 40.8 Å². The summed E-state index contributed by atoms with van der Waals surface area (Å²) < 4.78 is 0. The van der Waals surface area contributed by atoms with Crippen LogP contribution in [0.1, 0.15) is 16.1 Å². The molecule has 2 rings (SSSR count). The average molecular weight is 354 g/mol. The van der Waals surface area contributed by atoms with E-state index in [0.717, 1.165) is 10.4 Å². The van der Waals surface area contributed by atoms with Gasteiger partial charge in [0.05, 0.1) is 11.3 Å². The maximum absolute atomic E-state index is 12.1. The van der Waals surface area contributed by atoms with Crippen LogP contribution in [0.25, 0.3) is 10.4 Å². The van der Waals surface area contributed by atoms with E-state index in [2.05, 4.69) is 5.32 Å². The van der Waals surface area contributed by atoms with Gasteiger partial charge in [-0.25, -0.2) is 4.79 Å². The molecule has 0 saturated carbocycles. The van der Waals surface area contributed by atoms with Crippen molar-refractivity contribution in [1.29, 1.82) is 0 Å². The zero-order valence-corrected chi connectivity index (χ0v) is 13.2. The van der Waals surface area contributed by atoms with Crippen LogP contribution in [0.5, 0.6) is 0 Å². The summed E-state index contributed by atoms with van der Waals surface area (Å²) in [6.45, 7) is 0. The first-order valence-corrected chi connectivity index (χ1v) is 7.67. The van der Waals surface area contributed by atoms with E-state index in [9.17, 15) is 14.4 Å². The van der Waals surface area contributed by atoms with E-state index in [1.165, 1.54) is 11.3 Å². The predicted molar refractivity (Wildman–Crippen MR) is 85.9 cm³/mol. The summed E-state index contributed by atoms with van der Waals surface area (Å²) in [5, 5.41) is 20.4. The number of carbonyl (C=O) groups is 3. The normalized spacial score (nSPS) is 11.7. The molecule has 1 aromatic carbocycles. The quantitative estimate of drug-likeness (QED) is 0.740. The van der Waals surface area contributed by atoms with Crippen molar-refractivity contribution in [1.82, 2.24) is 5.32 Å². The number of aliphatic carboxylic acids is 2. The highest BCUT2D eigenvalue weighted by atomic mass is 35.5. The van der Waals surface area contributed by atoms with Crippen molar-refractivity contribution in [3.8, 4) is 10.4 Å². The number of carbonyl (C=O) groups excluding carboxylic acids is 1. The van der Waals surface area contributed by atoms with Gasteiger partial charge in [0, 0.05) is 9.90 Å². The Morgan fingerprint density at radius 3 is 2.30 bits per heavy atom. The maximum Gasteiger partial charge on any atom is 0.326 e. The monoisotopic (exact) mass is 353 g/mol. The lowest BCUT2D eigenvalue weighted by atomic mass is 10.2. The Morgan fingerprint density at radius 1 is 1.09 bits per heavy atom. The SMILES string of the molecule is O=C(O)C[C@@H](NC(=O)c1ccc(-c2ccc(Cl)cc2)s1)C(=O)O. The Morgan fingerprint density at radius 2 is 1.74 bits per heavy atom. The largest absolute Gasteiger partial charge is 0.481 e. The summed E-state index contributed by atoms with van der Waals surface area (Å²) in [6.07, 6.45) is -0.684. The van der Waals surface area contributed by atoms with Crippen molar-refractivity contribution in [2.75, 3.05) is 0 Å². The van der Waals surface area contributed by atoms with Gasteiger partial charge in [0.2, 0.25) is 0 Å². The predicted octanol–water partition coefficient (Wildman–Crippen LogP) is 2.73. The van der Waals surface area contributed by atoms with Crippen LogP contribution in [-0.4, -0.2) is 34.1 Å². The molecule has 8 heteroatoms. The van der Waals surface area contributed by atoms with Gasteiger partial charge in [-0.3, -0.25) is 9.59 Å². The van der Waals surface area contributed by atoms with E-state index in [1.807, 2.05) is 0 Å². The molecule has 0 radical (unpaired) electrons. The van der Waals surface area contributed by atoms with E-state index in [4.69, 9.17) is 21.8 Å². The van der Waals surface area contributed by atoms with E-state index >= 15 is 0 Å². The van der Waals surface area contributed by atoms with Crippen LogP contribution in [0.3, 0.4) is 0 Å². The van der Waals surface area contributed by atoms with Gasteiger partial charge in [0.25, 0.3) is 5.91 Å². The molecule has 1 aromatic heterocycles. The molecule has 3 N–H and O–H groups in total. The fourth-order valence-corrected chi connectivity index (χ4v) is 2.87. The average Bonchev–Trinajstić information content (AvgIpc) is 2.96. The first kappa shape index (κ1) is 17.0. The molecule has 0 spiro atoms. The second kappa shape index (κ2) is 7.26. The maximum atomic E-state index is 12.1. The van der Waals surface area contributed by atoms with Crippen molar-refractivity contribution in [3.05, 3.63) is 46.3 Å². The highest BCUT2D eigenvalue weighted by Gasteiger charge is 2.24. The third-order valence-electron chi connectivity index (χ3n) is 2.94. The number of halogens is 1. The molecule has 0 bridgehead atoms. The summed E-state index contributed by atoms with van der Waals surface area (Å²) in [6, 6.07) is 8.88. The first-order valence-electron chi connectivity index (χ1n) is 6.48. The van der Waals surface area contributed by atoms with Crippen molar-refractivity contribution < 1.29 is 24.6 Å². The number of nitrogens with one attached hydrogen (secondary N) is 1. The van der Waals surface area contributed by atoms with Crippen molar-refractivity contribution in [2.45, 2.75) is 12.5 Å². The molecular weight excluding hydrogens is 342 g/mol. The molecular formula is C15H12ClNO5S. The third-order valence-corrected chi connectivity index (χ3v) is 4.33. The Labute approximate surface area is 140 Å². The fourth-order valence-electron chi connectivity index (χ4n) is 1.83. The van der Waals surface area contributed by atoms with Crippen molar-refractivity contribution in [3.63, 3.8) is 0 Å². The molecule has 0 aliphatic heterocycles. The van der Waals surface area contributed by atoms with E-state index in [-0.39, 0.29) is 0 Å². The topological polar surface area (TPSA) is 104 Å². The lowest BCUT2D eigenvalue weighted by molar-refractivity contribution is -0.145. The van der Waals surface area contributed by atoms with Crippen LogP contribution in [-0.2, 0) is 9.59 Å². The number of benzene rings is 1. The Bertz CT molecular complexity index is 741. The Hall–Kier alpha value is -2.38. The third kappa shape index (κ3) is 4.54. The van der Waals surface area contributed by atoms with E-state index < -0.39 is 30.3 Å². The zero-order valence-electron chi connectivity index (χ0n) is 11.7. The molecule has 1 heterocycles. The number of carboxylic acids is 2. The van der Waals surface area contributed by atoms with Crippen LogP contribution in [0, 0.1) is 0 Å². The second-order valence-electron chi connectivity index (χ2n) is 4.63. The van der Waals surface area contributed by atoms with Crippen LogP contribution >= 0.6 is 22.9 Å². The molecule has 0 unspecified atom stereocenters. The zero-order chi connectivity index (χ0) is 17.0. The molecule has 23 heavy (non-hydrogen) atoms. The van der Waals surface area contributed by atoms with Gasteiger partial charge >= 0.3 is 11.9 Å². The number of rotatable bonds is 6. The lowest BCUT2D eigenvalue weighted by Gasteiger charge is -2.11. The smallest absolute Gasteiger partial charge is 0.326 e. The molecule has 1 atom stereocenters. The first-order chi connectivity index (χ1) is 10.9. The second-order valence-corrected chi connectivity index (χ2v) is 6.15. The van der Waals surface area contributed by atoms with Crippen LogP contribution in [0.2, 0.25) is 5.02 Å². The number of amides is 1. The molecule has 120 valence electrons. The number of thiophene rings is 1. The fraction of sp³-hybridized carbons (Fsp3) is 0.133. The van der Waals surface area contributed by atoms with Gasteiger partial charge in [0.15, 0.2) is 0 Å². The molecule has 0 aliphatic rings. The van der Waals surface area contributed by atoms with Gasteiger partial charge in [0.1, 0.15) is 6.04 Å². The van der Waals surface area contributed by atoms with Gasteiger partial charge in [-0.15, -0.1) is 11.3 Å². The number of hydrogen-bond acceptors (Lipinski definition) is 4. The molecule has 1 amide bonds. The van der Waals surface area contributed by atoms with E-state index in [1.54, 1.807) is 36.4 Å². The summed E-state index contributed by atoms with van der Waals surface area (Å²) >= 11 is 7.00. The molecule has 0 fully saturated rings. The minimum Gasteiger partial charge on any atom is -0.481 e. The minimum atomic E-state index is -1.47. The van der Waals surface area contributed by atoms with E-state index in [0.29, 0.717) is 9.90 Å². The molecule has 0 saturated heterocycles. The Balaban J connectivity index is 2.12. The number of hydrogen-bond donors (Lipinski definition) is 3. The Kier molecular flexibility index (Phi) is 5.36. The van der Waals surface area contributed by atoms with Crippen LogP contribution < -0.4 is 5.32 Å². The van der Waals surface area contributed by atoms with Gasteiger partial charge in [-0.2, -0.15) is 0 Å². The minimum absolute atomic E-state index is 0.298.